The number of carbonyl (C=O) groups excluding carboxylic acids is 2. The third kappa shape index (κ3) is 5.34. The highest BCUT2D eigenvalue weighted by atomic mass is 19.4. The van der Waals surface area contributed by atoms with E-state index in [9.17, 15) is 22.8 Å². The summed E-state index contributed by atoms with van der Waals surface area (Å²) in [6.45, 7) is 2.37. The molecular weight excluding hydrogens is 469 g/mol. The molecule has 35 heavy (non-hydrogen) atoms. The van der Waals surface area contributed by atoms with Crippen LogP contribution >= 0.6 is 0 Å². The van der Waals surface area contributed by atoms with E-state index in [0.717, 1.165) is 18.0 Å². The number of hydrogen-bond acceptors (Lipinski definition) is 7. The highest BCUT2D eigenvalue weighted by molar-refractivity contribution is 6.08. The number of ether oxygens (including phenoxy) is 2. The molecule has 2 aliphatic heterocycles. The van der Waals surface area contributed by atoms with Crippen LogP contribution in [0.4, 0.5) is 18.0 Å². The molecule has 1 aromatic carbocycles. The second-order valence-electron chi connectivity index (χ2n) is 7.96. The average Bonchev–Trinajstić information content (AvgIpc) is 3.29. The van der Waals surface area contributed by atoms with Gasteiger partial charge in [-0.05, 0) is 31.2 Å². The first kappa shape index (κ1) is 24.4. The fourth-order valence-corrected chi connectivity index (χ4v) is 3.78. The predicted octanol–water partition coefficient (Wildman–Crippen LogP) is 2.22. The summed E-state index contributed by atoms with van der Waals surface area (Å²) >= 11 is 0. The summed E-state index contributed by atoms with van der Waals surface area (Å²) < 4.78 is 48.6. The number of halogens is 3. The summed E-state index contributed by atoms with van der Waals surface area (Å²) in [6, 6.07) is 5.34. The maximum atomic E-state index is 13.0. The summed E-state index contributed by atoms with van der Waals surface area (Å²) in [7, 11) is 1.55. The van der Waals surface area contributed by atoms with Crippen LogP contribution in [0.1, 0.15) is 29.9 Å². The molecular formula is C22H23F3N6O4. The third-order valence-corrected chi connectivity index (χ3v) is 5.67. The van der Waals surface area contributed by atoms with Crippen LogP contribution in [0.2, 0.25) is 0 Å². The Hall–Kier alpha value is -3.74. The van der Waals surface area contributed by atoms with Crippen molar-refractivity contribution >= 4 is 17.6 Å². The van der Waals surface area contributed by atoms with Crippen LogP contribution in [0.5, 0.6) is 5.75 Å². The highest BCUT2D eigenvalue weighted by Crippen LogP contribution is 2.26. The smallest absolute Gasteiger partial charge is 0.451 e. The summed E-state index contributed by atoms with van der Waals surface area (Å²) in [5.41, 5.74) is 1.54. The number of hydrazone groups is 1. The number of rotatable bonds is 5. The van der Waals surface area contributed by atoms with E-state index in [1.807, 2.05) is 0 Å². The molecule has 186 valence electrons. The first-order valence-electron chi connectivity index (χ1n) is 10.7. The van der Waals surface area contributed by atoms with Gasteiger partial charge in [-0.15, -0.1) is 0 Å². The molecule has 0 radical (unpaired) electrons. The number of nitrogens with one attached hydrogen (secondary N) is 1. The SMILES string of the molecule is COc1ccc(C2=NN(C(=O)N[C@H](C)c3cnc(C(F)(F)F)nc3)C[C@@H]2N2CCOCC2=O)cc1. The van der Waals surface area contributed by atoms with Crippen molar-refractivity contribution in [2.45, 2.75) is 25.2 Å². The monoisotopic (exact) mass is 492 g/mol. The van der Waals surface area contributed by atoms with Crippen molar-refractivity contribution in [2.75, 3.05) is 33.4 Å². The van der Waals surface area contributed by atoms with Gasteiger partial charge in [-0.2, -0.15) is 18.3 Å². The van der Waals surface area contributed by atoms with Gasteiger partial charge in [-0.25, -0.2) is 19.8 Å². The molecule has 0 aliphatic carbocycles. The van der Waals surface area contributed by atoms with Gasteiger partial charge in [0.2, 0.25) is 11.7 Å². The molecule has 0 spiro atoms. The summed E-state index contributed by atoms with van der Waals surface area (Å²) in [4.78, 5) is 33.8. The summed E-state index contributed by atoms with van der Waals surface area (Å²) in [5.74, 6) is -0.820. The highest BCUT2D eigenvalue weighted by Gasteiger charge is 2.39. The van der Waals surface area contributed by atoms with E-state index >= 15 is 0 Å². The molecule has 0 bridgehead atoms. The molecule has 3 amide bonds. The van der Waals surface area contributed by atoms with E-state index in [1.54, 1.807) is 43.2 Å². The number of benzene rings is 1. The summed E-state index contributed by atoms with van der Waals surface area (Å²) in [5, 5.41) is 8.37. The number of carbonyl (C=O) groups is 2. The second-order valence-corrected chi connectivity index (χ2v) is 7.96. The van der Waals surface area contributed by atoms with Crippen LogP contribution < -0.4 is 10.1 Å². The van der Waals surface area contributed by atoms with E-state index in [1.165, 1.54) is 5.01 Å². The molecule has 3 heterocycles. The number of morpholine rings is 1. The van der Waals surface area contributed by atoms with Gasteiger partial charge in [-0.3, -0.25) is 4.79 Å². The first-order chi connectivity index (χ1) is 16.7. The lowest BCUT2D eigenvalue weighted by Crippen LogP contribution is -2.52. The molecule has 1 saturated heterocycles. The van der Waals surface area contributed by atoms with Gasteiger partial charge in [0.1, 0.15) is 12.4 Å². The number of urea groups is 1. The zero-order valence-corrected chi connectivity index (χ0v) is 19.0. The predicted molar refractivity (Wildman–Crippen MR) is 117 cm³/mol. The van der Waals surface area contributed by atoms with Crippen LogP contribution in [0, 0.1) is 0 Å². The minimum Gasteiger partial charge on any atom is -0.497 e. The van der Waals surface area contributed by atoms with Gasteiger partial charge < -0.3 is 19.7 Å². The van der Waals surface area contributed by atoms with Gasteiger partial charge in [-0.1, -0.05) is 0 Å². The van der Waals surface area contributed by atoms with Gasteiger partial charge in [0.05, 0.1) is 38.1 Å². The number of amides is 3. The Kier molecular flexibility index (Phi) is 6.87. The van der Waals surface area contributed by atoms with E-state index in [2.05, 4.69) is 20.4 Å². The minimum absolute atomic E-state index is 0.0520. The standard InChI is InChI=1S/C22H23F3N6O4/c1-13(15-9-26-20(27-10-15)22(23,24)25)28-21(33)31-11-17(30-7-8-35-12-18(30)32)19(29-31)14-3-5-16(34-2)6-4-14/h3-6,9-10,13,17H,7-8,11-12H2,1-2H3,(H,28,33)/t13-,17+/m1/s1. The number of nitrogens with zero attached hydrogens (tertiary/aromatic N) is 5. The van der Waals surface area contributed by atoms with Crippen molar-refractivity contribution in [3.8, 4) is 5.75 Å². The van der Waals surface area contributed by atoms with Crippen LogP contribution in [-0.2, 0) is 15.7 Å². The van der Waals surface area contributed by atoms with Gasteiger partial charge in [0, 0.05) is 30.1 Å². The third-order valence-electron chi connectivity index (χ3n) is 5.67. The van der Waals surface area contributed by atoms with Crippen LogP contribution in [0.3, 0.4) is 0 Å². The molecule has 1 aromatic heterocycles. The molecule has 0 unspecified atom stereocenters. The molecule has 2 aliphatic rings. The quantitative estimate of drug-likeness (QED) is 0.686. The number of alkyl halides is 3. The van der Waals surface area contributed by atoms with Gasteiger partial charge >= 0.3 is 12.2 Å². The number of methoxy groups -OCH3 is 1. The molecule has 1 N–H and O–H groups in total. The molecule has 2 aromatic rings. The van der Waals surface area contributed by atoms with E-state index < -0.39 is 30.1 Å². The molecule has 13 heteroatoms. The number of hydrogen-bond donors (Lipinski definition) is 1. The average molecular weight is 492 g/mol. The minimum atomic E-state index is -4.65. The van der Waals surface area contributed by atoms with Crippen LogP contribution in [0.15, 0.2) is 41.8 Å². The molecule has 2 atom stereocenters. The first-order valence-corrected chi connectivity index (χ1v) is 10.7. The van der Waals surface area contributed by atoms with Crippen LogP contribution in [0.25, 0.3) is 0 Å². The van der Waals surface area contributed by atoms with Crippen molar-refractivity contribution in [2.24, 2.45) is 5.10 Å². The van der Waals surface area contributed by atoms with E-state index in [4.69, 9.17) is 9.47 Å². The van der Waals surface area contributed by atoms with Crippen molar-refractivity contribution in [3.63, 3.8) is 0 Å². The van der Waals surface area contributed by atoms with Gasteiger partial charge in [0.25, 0.3) is 0 Å². The summed E-state index contributed by atoms with van der Waals surface area (Å²) in [6.07, 6.45) is -2.61. The normalized spacial score (nSPS) is 19.4. The van der Waals surface area contributed by atoms with Crippen molar-refractivity contribution in [3.05, 3.63) is 53.6 Å². The largest absolute Gasteiger partial charge is 0.497 e. The second kappa shape index (κ2) is 9.86. The Labute approximate surface area is 198 Å². The maximum Gasteiger partial charge on any atom is 0.451 e. The number of aromatic nitrogens is 2. The lowest BCUT2D eigenvalue weighted by molar-refractivity contribution is -0.145. The molecule has 10 nitrogen and oxygen atoms in total. The van der Waals surface area contributed by atoms with Crippen molar-refractivity contribution < 1.29 is 32.2 Å². The maximum absolute atomic E-state index is 13.0. The fraction of sp³-hybridized carbons (Fsp3) is 0.409. The van der Waals surface area contributed by atoms with Crippen molar-refractivity contribution in [1.82, 2.24) is 25.2 Å². The molecule has 1 fully saturated rings. The van der Waals surface area contributed by atoms with E-state index in [0.29, 0.717) is 30.2 Å². The van der Waals surface area contributed by atoms with Crippen molar-refractivity contribution in [1.29, 1.82) is 0 Å². The zero-order chi connectivity index (χ0) is 25.2. The lowest BCUT2D eigenvalue weighted by atomic mass is 10.0. The Bertz CT molecular complexity index is 1110. The molecule has 0 saturated carbocycles. The Morgan fingerprint density at radius 3 is 2.51 bits per heavy atom. The Morgan fingerprint density at radius 1 is 1.23 bits per heavy atom. The molecule has 4 rings (SSSR count). The van der Waals surface area contributed by atoms with Gasteiger partial charge in [0.15, 0.2) is 0 Å². The Morgan fingerprint density at radius 2 is 1.91 bits per heavy atom. The lowest BCUT2D eigenvalue weighted by Gasteiger charge is -2.33. The Balaban J connectivity index is 1.53. The van der Waals surface area contributed by atoms with Crippen LogP contribution in [-0.4, -0.2) is 77.0 Å². The zero-order valence-electron chi connectivity index (χ0n) is 19.0. The van der Waals surface area contributed by atoms with E-state index in [-0.39, 0.29) is 19.1 Å². The fourth-order valence-electron chi connectivity index (χ4n) is 3.78. The topological polar surface area (TPSA) is 109 Å².